The molecule has 6 heteroatoms. The number of aryl methyl sites for hydroxylation is 1. The second-order valence-electron chi connectivity index (χ2n) is 8.17. The lowest BCUT2D eigenvalue weighted by Crippen LogP contribution is -2.70. The standard InChI is InChI=1S/C20H26ClN3O2/c1-14-10-17(21)3-2-16(14)11-15-5-8-23(9-6-15)19(26)24-12-20(13-24)7-4-18(25)22-20/h2-3,10,15H,4-9,11-13H2,1H3,(H,22,25). The third-order valence-corrected chi connectivity index (χ3v) is 6.43. The van der Waals surface area contributed by atoms with Crippen LogP contribution in [0.25, 0.3) is 0 Å². The lowest BCUT2D eigenvalue weighted by atomic mass is 9.87. The molecule has 4 rings (SSSR count). The molecule has 3 fully saturated rings. The number of nitrogens with one attached hydrogen (secondary N) is 1. The summed E-state index contributed by atoms with van der Waals surface area (Å²) in [6.45, 7) is 5.10. The van der Waals surface area contributed by atoms with E-state index < -0.39 is 0 Å². The average molecular weight is 376 g/mol. The molecule has 0 aliphatic carbocycles. The second-order valence-corrected chi connectivity index (χ2v) is 8.61. The Morgan fingerprint density at radius 3 is 2.62 bits per heavy atom. The van der Waals surface area contributed by atoms with Gasteiger partial charge in [-0.15, -0.1) is 0 Å². The van der Waals surface area contributed by atoms with E-state index in [4.69, 9.17) is 11.6 Å². The SMILES string of the molecule is Cc1cc(Cl)ccc1CC1CCN(C(=O)N2CC3(CCC(=O)N3)C2)CC1. The summed E-state index contributed by atoms with van der Waals surface area (Å²) in [5, 5.41) is 3.83. The van der Waals surface area contributed by atoms with Crippen molar-refractivity contribution in [3.63, 3.8) is 0 Å². The molecule has 1 spiro atoms. The van der Waals surface area contributed by atoms with Crippen molar-refractivity contribution in [3.05, 3.63) is 34.3 Å². The first-order chi connectivity index (χ1) is 12.4. The summed E-state index contributed by atoms with van der Waals surface area (Å²) in [5.41, 5.74) is 2.48. The molecule has 0 unspecified atom stereocenters. The molecular weight excluding hydrogens is 350 g/mol. The molecule has 140 valence electrons. The van der Waals surface area contributed by atoms with Gasteiger partial charge in [-0.2, -0.15) is 0 Å². The highest BCUT2D eigenvalue weighted by atomic mass is 35.5. The van der Waals surface area contributed by atoms with E-state index in [2.05, 4.69) is 18.3 Å². The van der Waals surface area contributed by atoms with Crippen LogP contribution in [0.4, 0.5) is 4.79 Å². The molecule has 0 radical (unpaired) electrons. The van der Waals surface area contributed by atoms with Crippen LogP contribution in [0.2, 0.25) is 5.02 Å². The Hall–Kier alpha value is -1.75. The predicted octanol–water partition coefficient (Wildman–Crippen LogP) is 2.99. The first kappa shape index (κ1) is 17.7. The minimum atomic E-state index is -0.128. The van der Waals surface area contributed by atoms with E-state index in [9.17, 15) is 9.59 Å². The van der Waals surface area contributed by atoms with Gasteiger partial charge >= 0.3 is 6.03 Å². The van der Waals surface area contributed by atoms with Crippen LogP contribution in [0.1, 0.15) is 36.8 Å². The average Bonchev–Trinajstić information content (AvgIpc) is 2.98. The van der Waals surface area contributed by atoms with Gasteiger partial charge < -0.3 is 15.1 Å². The smallest absolute Gasteiger partial charge is 0.320 e. The van der Waals surface area contributed by atoms with Crippen molar-refractivity contribution in [1.82, 2.24) is 15.1 Å². The molecule has 1 N–H and O–H groups in total. The molecule has 3 amide bonds. The zero-order valence-corrected chi connectivity index (χ0v) is 16.0. The Balaban J connectivity index is 1.26. The lowest BCUT2D eigenvalue weighted by molar-refractivity contribution is -0.120. The number of urea groups is 1. The number of benzene rings is 1. The van der Waals surface area contributed by atoms with Crippen molar-refractivity contribution < 1.29 is 9.59 Å². The van der Waals surface area contributed by atoms with Crippen LogP contribution in [0, 0.1) is 12.8 Å². The Morgan fingerprint density at radius 2 is 2.00 bits per heavy atom. The fraction of sp³-hybridized carbons (Fsp3) is 0.600. The molecule has 0 aromatic heterocycles. The third-order valence-electron chi connectivity index (χ3n) is 6.19. The molecule has 1 aromatic carbocycles. The summed E-state index contributed by atoms with van der Waals surface area (Å²) in [6, 6.07) is 6.25. The van der Waals surface area contributed by atoms with Crippen LogP contribution in [0.3, 0.4) is 0 Å². The van der Waals surface area contributed by atoms with Crippen molar-refractivity contribution in [2.24, 2.45) is 5.92 Å². The summed E-state index contributed by atoms with van der Waals surface area (Å²) in [6.07, 6.45) is 4.60. The molecule has 0 saturated carbocycles. The van der Waals surface area contributed by atoms with Crippen LogP contribution < -0.4 is 5.32 Å². The highest BCUT2D eigenvalue weighted by Gasteiger charge is 2.50. The number of likely N-dealkylation sites (tertiary alicyclic amines) is 2. The number of carbonyl (C=O) groups excluding carboxylic acids is 2. The fourth-order valence-electron chi connectivity index (χ4n) is 4.56. The number of halogens is 1. The van der Waals surface area contributed by atoms with Gasteiger partial charge in [0.25, 0.3) is 0 Å². The number of hydrogen-bond acceptors (Lipinski definition) is 2. The van der Waals surface area contributed by atoms with Crippen LogP contribution in [0.15, 0.2) is 18.2 Å². The summed E-state index contributed by atoms with van der Waals surface area (Å²) in [5.74, 6) is 0.742. The first-order valence-electron chi connectivity index (χ1n) is 9.54. The molecule has 0 atom stereocenters. The number of carbonyl (C=O) groups is 2. The maximum Gasteiger partial charge on any atom is 0.320 e. The molecular formula is C20H26ClN3O2. The molecule has 1 aromatic rings. The molecule has 3 heterocycles. The number of hydrogen-bond donors (Lipinski definition) is 1. The fourth-order valence-corrected chi connectivity index (χ4v) is 4.78. The maximum absolute atomic E-state index is 12.7. The van der Waals surface area contributed by atoms with Gasteiger partial charge in [-0.1, -0.05) is 17.7 Å². The van der Waals surface area contributed by atoms with Gasteiger partial charge in [0, 0.05) is 37.6 Å². The van der Waals surface area contributed by atoms with Gasteiger partial charge in [-0.05, 0) is 61.8 Å². The zero-order chi connectivity index (χ0) is 18.3. The predicted molar refractivity (Wildman–Crippen MR) is 101 cm³/mol. The molecule has 3 aliphatic heterocycles. The third kappa shape index (κ3) is 3.41. The van der Waals surface area contributed by atoms with Gasteiger partial charge in [0.1, 0.15) is 0 Å². The largest absolute Gasteiger partial charge is 0.347 e. The first-order valence-corrected chi connectivity index (χ1v) is 9.92. The molecule has 3 saturated heterocycles. The molecule has 3 aliphatic rings. The Labute approximate surface area is 159 Å². The number of rotatable bonds is 2. The number of amides is 3. The molecule has 0 bridgehead atoms. The quantitative estimate of drug-likeness (QED) is 0.863. The highest BCUT2D eigenvalue weighted by Crippen LogP contribution is 2.32. The van der Waals surface area contributed by atoms with E-state index in [0.29, 0.717) is 25.4 Å². The van der Waals surface area contributed by atoms with Crippen LogP contribution in [-0.4, -0.2) is 53.5 Å². The van der Waals surface area contributed by atoms with Crippen LogP contribution in [-0.2, 0) is 11.2 Å². The van der Waals surface area contributed by atoms with E-state index in [1.165, 1.54) is 11.1 Å². The van der Waals surface area contributed by atoms with Crippen molar-refractivity contribution in [2.45, 2.75) is 44.6 Å². The van der Waals surface area contributed by atoms with Gasteiger partial charge in [0.15, 0.2) is 0 Å². The normalized spacial score (nSPS) is 22.5. The van der Waals surface area contributed by atoms with Gasteiger partial charge in [0.05, 0.1) is 5.54 Å². The lowest BCUT2D eigenvalue weighted by Gasteiger charge is -2.49. The van der Waals surface area contributed by atoms with Gasteiger partial charge in [-0.25, -0.2) is 4.79 Å². The van der Waals surface area contributed by atoms with Crippen LogP contribution in [0.5, 0.6) is 0 Å². The summed E-state index contributed by atoms with van der Waals surface area (Å²) < 4.78 is 0. The number of nitrogens with zero attached hydrogens (tertiary/aromatic N) is 2. The van der Waals surface area contributed by atoms with E-state index in [0.717, 1.165) is 43.8 Å². The summed E-state index contributed by atoms with van der Waals surface area (Å²) >= 11 is 6.04. The maximum atomic E-state index is 12.7. The molecule has 5 nitrogen and oxygen atoms in total. The highest BCUT2D eigenvalue weighted by molar-refractivity contribution is 6.30. The summed E-state index contributed by atoms with van der Waals surface area (Å²) in [4.78, 5) is 28.0. The monoisotopic (exact) mass is 375 g/mol. The van der Waals surface area contributed by atoms with Crippen molar-refractivity contribution in [2.75, 3.05) is 26.2 Å². The molecule has 26 heavy (non-hydrogen) atoms. The Bertz CT molecular complexity index is 722. The van der Waals surface area contributed by atoms with Crippen LogP contribution >= 0.6 is 11.6 Å². The van der Waals surface area contributed by atoms with Gasteiger partial charge in [0.2, 0.25) is 5.91 Å². The van der Waals surface area contributed by atoms with E-state index >= 15 is 0 Å². The zero-order valence-electron chi connectivity index (χ0n) is 15.3. The minimum Gasteiger partial charge on any atom is -0.347 e. The minimum absolute atomic E-state index is 0.121. The van der Waals surface area contributed by atoms with Gasteiger partial charge in [-0.3, -0.25) is 4.79 Å². The van der Waals surface area contributed by atoms with Crippen molar-refractivity contribution >= 4 is 23.5 Å². The Morgan fingerprint density at radius 1 is 1.27 bits per heavy atom. The van der Waals surface area contributed by atoms with Crippen molar-refractivity contribution in [3.8, 4) is 0 Å². The topological polar surface area (TPSA) is 52.7 Å². The Kier molecular flexibility index (Phi) is 4.59. The van der Waals surface area contributed by atoms with Crippen molar-refractivity contribution in [1.29, 1.82) is 0 Å². The second kappa shape index (κ2) is 6.76. The van der Waals surface area contributed by atoms with E-state index in [-0.39, 0.29) is 17.5 Å². The summed E-state index contributed by atoms with van der Waals surface area (Å²) in [7, 11) is 0. The van der Waals surface area contributed by atoms with E-state index in [1.54, 1.807) is 0 Å². The number of piperidine rings is 1. The van der Waals surface area contributed by atoms with E-state index in [1.807, 2.05) is 21.9 Å².